The van der Waals surface area contributed by atoms with Crippen molar-refractivity contribution in [2.24, 2.45) is 0 Å². The van der Waals surface area contributed by atoms with Gasteiger partial charge in [0, 0.05) is 23.3 Å². The highest BCUT2D eigenvalue weighted by Crippen LogP contribution is 2.30. The number of hydrogen-bond donors (Lipinski definition) is 2. The Morgan fingerprint density at radius 2 is 1.96 bits per heavy atom. The van der Waals surface area contributed by atoms with E-state index in [1.807, 2.05) is 50.8 Å². The molecular weight excluding hydrogens is 374 g/mol. The summed E-state index contributed by atoms with van der Waals surface area (Å²) < 4.78 is 1.02. The predicted octanol–water partition coefficient (Wildman–Crippen LogP) is 3.42. The Morgan fingerprint density at radius 1 is 1.30 bits per heavy atom. The molecule has 1 aliphatic rings. The molecule has 0 aliphatic carbocycles. The van der Waals surface area contributed by atoms with Crippen LogP contribution in [0.15, 0.2) is 33.9 Å². The maximum Gasteiger partial charge on any atom is 0.253 e. The van der Waals surface area contributed by atoms with E-state index in [0.29, 0.717) is 18.2 Å². The first-order chi connectivity index (χ1) is 10.9. The highest BCUT2D eigenvalue weighted by Gasteiger charge is 2.31. The fourth-order valence-electron chi connectivity index (χ4n) is 2.70. The van der Waals surface area contributed by atoms with E-state index >= 15 is 0 Å². The molecule has 1 heterocycles. The van der Waals surface area contributed by atoms with E-state index in [4.69, 9.17) is 12.2 Å². The normalized spacial score (nSPS) is 17.6. The summed E-state index contributed by atoms with van der Waals surface area (Å²) in [5.41, 5.74) is 3.70. The van der Waals surface area contributed by atoms with Crippen molar-refractivity contribution in [1.82, 2.24) is 15.5 Å². The van der Waals surface area contributed by atoms with Gasteiger partial charge in [0.1, 0.15) is 0 Å². The van der Waals surface area contributed by atoms with E-state index in [9.17, 15) is 4.79 Å². The lowest BCUT2D eigenvalue weighted by Crippen LogP contribution is -2.47. The van der Waals surface area contributed by atoms with Crippen LogP contribution in [-0.2, 0) is 4.79 Å². The smallest absolute Gasteiger partial charge is 0.253 e. The second-order valence-electron chi connectivity index (χ2n) is 5.56. The van der Waals surface area contributed by atoms with Crippen LogP contribution in [0.25, 0.3) is 0 Å². The van der Waals surface area contributed by atoms with E-state index in [0.717, 1.165) is 26.9 Å². The van der Waals surface area contributed by atoms with Crippen LogP contribution in [0.4, 0.5) is 0 Å². The SMILES string of the molecule is CCN(CC)C(=O)C1=C(C)NC(=S)N[C@H]1c1ccc(C)c(Br)c1. The summed E-state index contributed by atoms with van der Waals surface area (Å²) >= 11 is 8.86. The molecule has 0 saturated carbocycles. The molecule has 6 heteroatoms. The molecule has 0 radical (unpaired) electrons. The zero-order valence-electron chi connectivity index (χ0n) is 13.9. The van der Waals surface area contributed by atoms with Crippen LogP contribution >= 0.6 is 28.1 Å². The van der Waals surface area contributed by atoms with Gasteiger partial charge in [-0.2, -0.15) is 0 Å². The minimum Gasteiger partial charge on any atom is -0.351 e. The number of rotatable bonds is 4. The summed E-state index contributed by atoms with van der Waals surface area (Å²) in [4.78, 5) is 14.8. The molecule has 1 atom stereocenters. The molecule has 4 nitrogen and oxygen atoms in total. The second-order valence-corrected chi connectivity index (χ2v) is 6.82. The number of halogens is 1. The number of amides is 1. The number of aryl methyl sites for hydroxylation is 1. The van der Waals surface area contributed by atoms with Gasteiger partial charge in [-0.15, -0.1) is 0 Å². The highest BCUT2D eigenvalue weighted by molar-refractivity contribution is 9.10. The largest absolute Gasteiger partial charge is 0.351 e. The average Bonchev–Trinajstić information content (AvgIpc) is 2.50. The van der Waals surface area contributed by atoms with Crippen LogP contribution in [0.2, 0.25) is 0 Å². The standard InChI is InChI=1S/C17H22BrN3OS/c1-5-21(6-2)16(22)14-11(4)19-17(23)20-15(14)12-8-7-10(3)13(18)9-12/h7-9,15H,5-6H2,1-4H3,(H2,19,20,23)/t15-/m0/s1. The highest BCUT2D eigenvalue weighted by atomic mass is 79.9. The molecule has 0 fully saturated rings. The molecule has 1 aromatic carbocycles. The van der Waals surface area contributed by atoms with Crippen molar-refractivity contribution in [2.45, 2.75) is 33.7 Å². The van der Waals surface area contributed by atoms with Gasteiger partial charge >= 0.3 is 0 Å². The van der Waals surface area contributed by atoms with Crippen molar-refractivity contribution in [1.29, 1.82) is 0 Å². The van der Waals surface area contributed by atoms with Gasteiger partial charge in [-0.1, -0.05) is 28.1 Å². The minimum atomic E-state index is -0.242. The summed E-state index contributed by atoms with van der Waals surface area (Å²) in [6.07, 6.45) is 0. The molecule has 0 unspecified atom stereocenters. The molecule has 0 spiro atoms. The van der Waals surface area contributed by atoms with Crippen molar-refractivity contribution in [3.63, 3.8) is 0 Å². The molecule has 0 bridgehead atoms. The van der Waals surface area contributed by atoms with Gasteiger partial charge in [0.25, 0.3) is 5.91 Å². The molecule has 1 aliphatic heterocycles. The summed E-state index contributed by atoms with van der Waals surface area (Å²) in [6.45, 7) is 9.28. The lowest BCUT2D eigenvalue weighted by molar-refractivity contribution is -0.127. The van der Waals surface area contributed by atoms with Crippen LogP contribution < -0.4 is 10.6 Å². The van der Waals surface area contributed by atoms with Crippen molar-refractivity contribution in [3.05, 3.63) is 45.1 Å². The number of benzene rings is 1. The van der Waals surface area contributed by atoms with Gasteiger partial charge in [-0.05, 0) is 57.1 Å². The molecule has 23 heavy (non-hydrogen) atoms. The van der Waals surface area contributed by atoms with Crippen LogP contribution in [0.3, 0.4) is 0 Å². The van der Waals surface area contributed by atoms with E-state index < -0.39 is 0 Å². The quantitative estimate of drug-likeness (QED) is 0.766. The third-order valence-corrected chi connectivity index (χ3v) is 5.15. The number of nitrogens with one attached hydrogen (secondary N) is 2. The van der Waals surface area contributed by atoms with E-state index in [-0.39, 0.29) is 11.9 Å². The molecule has 124 valence electrons. The van der Waals surface area contributed by atoms with E-state index in [1.54, 1.807) is 0 Å². The van der Waals surface area contributed by atoms with Crippen LogP contribution in [0.5, 0.6) is 0 Å². The van der Waals surface area contributed by atoms with Crippen molar-refractivity contribution in [2.75, 3.05) is 13.1 Å². The zero-order chi connectivity index (χ0) is 17.1. The number of allylic oxidation sites excluding steroid dienone is 1. The number of hydrogen-bond acceptors (Lipinski definition) is 2. The summed E-state index contributed by atoms with van der Waals surface area (Å²) in [6, 6.07) is 5.88. The fraction of sp³-hybridized carbons (Fsp3) is 0.412. The Morgan fingerprint density at radius 3 is 2.52 bits per heavy atom. The average molecular weight is 396 g/mol. The Balaban J connectivity index is 2.49. The Bertz CT molecular complexity index is 668. The van der Waals surface area contributed by atoms with Gasteiger partial charge in [0.05, 0.1) is 11.6 Å². The lowest BCUT2D eigenvalue weighted by atomic mass is 9.94. The number of carbonyl (C=O) groups excluding carboxylic acids is 1. The summed E-state index contributed by atoms with van der Waals surface area (Å²) in [5.74, 6) is 0.0386. The second kappa shape index (κ2) is 7.45. The minimum absolute atomic E-state index is 0.0386. The van der Waals surface area contributed by atoms with E-state index in [1.165, 1.54) is 0 Å². The molecule has 2 rings (SSSR count). The van der Waals surface area contributed by atoms with Crippen molar-refractivity contribution in [3.8, 4) is 0 Å². The maximum absolute atomic E-state index is 12.9. The lowest BCUT2D eigenvalue weighted by Gasteiger charge is -2.33. The summed E-state index contributed by atoms with van der Waals surface area (Å²) in [5, 5.41) is 6.86. The van der Waals surface area contributed by atoms with Crippen molar-refractivity contribution >= 4 is 39.2 Å². The zero-order valence-corrected chi connectivity index (χ0v) is 16.3. The van der Waals surface area contributed by atoms with Crippen LogP contribution in [0.1, 0.15) is 37.9 Å². The monoisotopic (exact) mass is 395 g/mol. The third-order valence-electron chi connectivity index (χ3n) is 4.08. The number of likely N-dealkylation sites (N-methyl/N-ethyl adjacent to an activating group) is 1. The Hall–Kier alpha value is -1.40. The molecule has 0 aromatic heterocycles. The van der Waals surface area contributed by atoms with Crippen molar-refractivity contribution < 1.29 is 4.79 Å². The Kier molecular flexibility index (Phi) is 5.81. The molecular formula is C17H22BrN3OS. The molecule has 1 aromatic rings. The fourth-order valence-corrected chi connectivity index (χ4v) is 3.36. The molecule has 0 saturated heterocycles. The molecule has 2 N–H and O–H groups in total. The molecule has 1 amide bonds. The number of carbonyl (C=O) groups is 1. The van der Waals surface area contributed by atoms with Crippen LogP contribution in [0, 0.1) is 6.92 Å². The first-order valence-corrected chi connectivity index (χ1v) is 8.92. The van der Waals surface area contributed by atoms with Gasteiger partial charge in [-0.3, -0.25) is 4.79 Å². The first kappa shape index (κ1) is 17.9. The number of thiocarbonyl (C=S) groups is 1. The first-order valence-electron chi connectivity index (χ1n) is 7.72. The van der Waals surface area contributed by atoms with Gasteiger partial charge in [0.2, 0.25) is 0 Å². The number of nitrogens with zero attached hydrogens (tertiary/aromatic N) is 1. The topological polar surface area (TPSA) is 44.4 Å². The Labute approximate surface area is 151 Å². The van der Waals surface area contributed by atoms with Gasteiger partial charge < -0.3 is 15.5 Å². The van der Waals surface area contributed by atoms with Crippen LogP contribution in [-0.4, -0.2) is 29.0 Å². The van der Waals surface area contributed by atoms with E-state index in [2.05, 4.69) is 26.6 Å². The van der Waals surface area contributed by atoms with Gasteiger partial charge in [0.15, 0.2) is 5.11 Å². The third kappa shape index (κ3) is 3.75. The maximum atomic E-state index is 12.9. The predicted molar refractivity (Wildman–Crippen MR) is 101 cm³/mol. The van der Waals surface area contributed by atoms with Gasteiger partial charge in [-0.25, -0.2) is 0 Å². The summed E-state index contributed by atoms with van der Waals surface area (Å²) in [7, 11) is 0.